The zero-order chi connectivity index (χ0) is 13.1. The number of nitrogens with one attached hydrogen (secondary N) is 2. The van der Waals surface area contributed by atoms with E-state index in [1.54, 1.807) is 12.1 Å². The third-order valence-corrected chi connectivity index (χ3v) is 3.14. The number of hydrogen-bond acceptors (Lipinski definition) is 5. The van der Waals surface area contributed by atoms with Gasteiger partial charge in [-0.05, 0) is 17.3 Å². The van der Waals surface area contributed by atoms with Gasteiger partial charge in [0.1, 0.15) is 0 Å². The summed E-state index contributed by atoms with van der Waals surface area (Å²) in [5.41, 5.74) is 1.53. The van der Waals surface area contributed by atoms with Crippen molar-refractivity contribution in [1.82, 2.24) is 30.8 Å². The van der Waals surface area contributed by atoms with Crippen LogP contribution in [0.15, 0.2) is 24.3 Å². The van der Waals surface area contributed by atoms with Crippen molar-refractivity contribution < 1.29 is 4.79 Å². The maximum absolute atomic E-state index is 12.2. The van der Waals surface area contributed by atoms with E-state index in [0.29, 0.717) is 11.4 Å². The number of carbonyl (C=O) groups excluding carboxylic acids is 1. The number of hydrogen-bond donors (Lipinski definition) is 2. The van der Waals surface area contributed by atoms with E-state index in [1.807, 2.05) is 17.0 Å². The molecular weight excluding hydrogens is 244 g/mol. The molecule has 0 aliphatic carbocycles. The molecule has 0 atom stereocenters. The molecule has 1 aromatic carbocycles. The molecule has 3 rings (SSSR count). The van der Waals surface area contributed by atoms with E-state index < -0.39 is 0 Å². The van der Waals surface area contributed by atoms with E-state index in [2.05, 4.69) is 25.9 Å². The van der Waals surface area contributed by atoms with Crippen molar-refractivity contribution in [2.75, 3.05) is 26.2 Å². The van der Waals surface area contributed by atoms with Gasteiger partial charge in [-0.1, -0.05) is 12.1 Å². The highest BCUT2D eigenvalue weighted by molar-refractivity contribution is 5.94. The predicted molar refractivity (Wildman–Crippen MR) is 68.4 cm³/mol. The first kappa shape index (κ1) is 11.8. The second-order valence-corrected chi connectivity index (χ2v) is 4.35. The molecule has 2 heterocycles. The summed E-state index contributed by atoms with van der Waals surface area (Å²) in [5.74, 6) is 0.599. The van der Waals surface area contributed by atoms with E-state index in [9.17, 15) is 4.79 Å². The van der Waals surface area contributed by atoms with Crippen LogP contribution in [0.1, 0.15) is 10.4 Å². The Bertz CT molecular complexity index is 544. The summed E-state index contributed by atoms with van der Waals surface area (Å²) in [6.07, 6.45) is 0. The maximum atomic E-state index is 12.2. The number of aromatic nitrogens is 4. The quantitative estimate of drug-likeness (QED) is 0.786. The van der Waals surface area contributed by atoms with Gasteiger partial charge in [0.05, 0.1) is 0 Å². The molecule has 1 aliphatic heterocycles. The summed E-state index contributed by atoms with van der Waals surface area (Å²) < 4.78 is 0. The van der Waals surface area contributed by atoms with E-state index in [0.717, 1.165) is 31.7 Å². The fourth-order valence-corrected chi connectivity index (χ4v) is 2.10. The largest absolute Gasteiger partial charge is 0.336 e. The monoisotopic (exact) mass is 258 g/mol. The first-order chi connectivity index (χ1) is 9.34. The molecule has 1 saturated heterocycles. The van der Waals surface area contributed by atoms with Gasteiger partial charge in [-0.2, -0.15) is 5.21 Å². The molecule has 19 heavy (non-hydrogen) atoms. The number of rotatable bonds is 2. The molecular formula is C12H14N6O. The highest BCUT2D eigenvalue weighted by Crippen LogP contribution is 2.15. The van der Waals surface area contributed by atoms with Crippen molar-refractivity contribution in [2.45, 2.75) is 0 Å². The third-order valence-electron chi connectivity index (χ3n) is 3.14. The summed E-state index contributed by atoms with van der Waals surface area (Å²) in [4.78, 5) is 14.1. The summed E-state index contributed by atoms with van der Waals surface area (Å²) >= 11 is 0. The molecule has 7 heteroatoms. The number of aromatic amines is 1. The molecule has 0 spiro atoms. The first-order valence-corrected chi connectivity index (χ1v) is 6.18. The topological polar surface area (TPSA) is 86.8 Å². The number of benzene rings is 1. The minimum Gasteiger partial charge on any atom is -0.336 e. The minimum absolute atomic E-state index is 0.0705. The smallest absolute Gasteiger partial charge is 0.253 e. The Kier molecular flexibility index (Phi) is 3.20. The summed E-state index contributed by atoms with van der Waals surface area (Å²) in [5, 5.41) is 16.9. The van der Waals surface area contributed by atoms with Gasteiger partial charge in [0.2, 0.25) is 5.82 Å². The van der Waals surface area contributed by atoms with Gasteiger partial charge >= 0.3 is 0 Å². The van der Waals surface area contributed by atoms with E-state index in [4.69, 9.17) is 0 Å². The van der Waals surface area contributed by atoms with Crippen molar-refractivity contribution >= 4 is 5.91 Å². The second kappa shape index (κ2) is 5.15. The maximum Gasteiger partial charge on any atom is 0.253 e. The van der Waals surface area contributed by atoms with Crippen LogP contribution in [0, 0.1) is 0 Å². The number of amides is 1. The SMILES string of the molecule is O=C(c1ccc(-c2nn[nH]n2)cc1)N1CCNCC1. The standard InChI is InChI=1S/C12H14N6O/c19-12(18-7-5-13-6-8-18)10-3-1-9(2-4-10)11-14-16-17-15-11/h1-4,13H,5-8H2,(H,14,15,16,17). The lowest BCUT2D eigenvalue weighted by molar-refractivity contribution is 0.0736. The van der Waals surface area contributed by atoms with Crippen LogP contribution < -0.4 is 5.32 Å². The van der Waals surface area contributed by atoms with Crippen LogP contribution in [0.3, 0.4) is 0 Å². The fraction of sp³-hybridized carbons (Fsp3) is 0.333. The van der Waals surface area contributed by atoms with Crippen molar-refractivity contribution in [3.63, 3.8) is 0 Å². The zero-order valence-electron chi connectivity index (χ0n) is 10.3. The molecule has 0 saturated carbocycles. The van der Waals surface area contributed by atoms with Crippen LogP contribution >= 0.6 is 0 Å². The molecule has 7 nitrogen and oxygen atoms in total. The van der Waals surface area contributed by atoms with E-state index in [1.165, 1.54) is 0 Å². The van der Waals surface area contributed by atoms with Crippen LogP contribution in [0.5, 0.6) is 0 Å². The van der Waals surface area contributed by atoms with Crippen LogP contribution in [-0.2, 0) is 0 Å². The Hall–Kier alpha value is -2.28. The van der Waals surface area contributed by atoms with Gasteiger partial charge in [0.15, 0.2) is 0 Å². The van der Waals surface area contributed by atoms with Crippen LogP contribution in [0.4, 0.5) is 0 Å². The Labute approximate surface area is 110 Å². The highest BCUT2D eigenvalue weighted by atomic mass is 16.2. The van der Waals surface area contributed by atoms with Gasteiger partial charge in [-0.25, -0.2) is 0 Å². The zero-order valence-corrected chi connectivity index (χ0v) is 10.3. The molecule has 98 valence electrons. The average molecular weight is 258 g/mol. The van der Waals surface area contributed by atoms with E-state index in [-0.39, 0.29) is 5.91 Å². The molecule has 0 radical (unpaired) electrons. The number of piperazine rings is 1. The Morgan fingerprint density at radius 3 is 2.53 bits per heavy atom. The molecule has 2 N–H and O–H groups in total. The highest BCUT2D eigenvalue weighted by Gasteiger charge is 2.17. The lowest BCUT2D eigenvalue weighted by Crippen LogP contribution is -2.46. The average Bonchev–Trinajstić information content (AvgIpc) is 3.02. The molecule has 1 aliphatic rings. The summed E-state index contributed by atoms with van der Waals surface area (Å²) in [6.45, 7) is 3.22. The van der Waals surface area contributed by atoms with Gasteiger partial charge in [0.25, 0.3) is 5.91 Å². The van der Waals surface area contributed by atoms with E-state index >= 15 is 0 Å². The Morgan fingerprint density at radius 1 is 1.16 bits per heavy atom. The minimum atomic E-state index is 0.0705. The number of nitrogens with zero attached hydrogens (tertiary/aromatic N) is 4. The molecule has 1 fully saturated rings. The van der Waals surface area contributed by atoms with Crippen molar-refractivity contribution in [2.24, 2.45) is 0 Å². The lowest BCUT2D eigenvalue weighted by atomic mass is 10.1. The van der Waals surface area contributed by atoms with Crippen LogP contribution in [0.25, 0.3) is 11.4 Å². The lowest BCUT2D eigenvalue weighted by Gasteiger charge is -2.27. The summed E-state index contributed by atoms with van der Waals surface area (Å²) in [7, 11) is 0. The molecule has 0 unspecified atom stereocenters. The first-order valence-electron chi connectivity index (χ1n) is 6.18. The van der Waals surface area contributed by atoms with Crippen molar-refractivity contribution in [1.29, 1.82) is 0 Å². The van der Waals surface area contributed by atoms with Gasteiger partial charge < -0.3 is 10.2 Å². The Morgan fingerprint density at radius 2 is 1.89 bits per heavy atom. The van der Waals surface area contributed by atoms with Crippen molar-refractivity contribution in [3.8, 4) is 11.4 Å². The number of H-pyrrole nitrogens is 1. The summed E-state index contributed by atoms with van der Waals surface area (Å²) in [6, 6.07) is 7.27. The predicted octanol–water partition coefficient (Wildman–Crippen LogP) is -0.0879. The van der Waals surface area contributed by atoms with Gasteiger partial charge in [-0.15, -0.1) is 10.2 Å². The number of tetrazole rings is 1. The van der Waals surface area contributed by atoms with Gasteiger partial charge in [-0.3, -0.25) is 4.79 Å². The number of carbonyl (C=O) groups is 1. The van der Waals surface area contributed by atoms with Crippen LogP contribution in [-0.4, -0.2) is 57.6 Å². The fourth-order valence-electron chi connectivity index (χ4n) is 2.10. The van der Waals surface area contributed by atoms with Crippen molar-refractivity contribution in [3.05, 3.63) is 29.8 Å². The molecule has 0 bridgehead atoms. The third kappa shape index (κ3) is 2.45. The second-order valence-electron chi connectivity index (χ2n) is 4.35. The Balaban J connectivity index is 1.76. The molecule has 1 amide bonds. The van der Waals surface area contributed by atoms with Crippen LogP contribution in [0.2, 0.25) is 0 Å². The molecule has 2 aromatic rings. The molecule has 1 aromatic heterocycles. The normalized spacial score (nSPS) is 15.5. The van der Waals surface area contributed by atoms with Gasteiger partial charge in [0, 0.05) is 37.3 Å².